The van der Waals surface area contributed by atoms with Crippen LogP contribution in [0.2, 0.25) is 0 Å². The number of nitrogens with one attached hydrogen (secondary N) is 1. The molecule has 2 aliphatic rings. The van der Waals surface area contributed by atoms with Crippen LogP contribution >= 0.6 is 0 Å². The molecule has 1 aliphatic carbocycles. The van der Waals surface area contributed by atoms with Gasteiger partial charge in [0.05, 0.1) is 12.1 Å². The molecule has 178 valence electrons. The van der Waals surface area contributed by atoms with Gasteiger partial charge in [-0.1, -0.05) is 13.0 Å². The highest BCUT2D eigenvalue weighted by molar-refractivity contribution is 6.09. The molecule has 0 saturated carbocycles. The Morgan fingerprint density at radius 3 is 2.40 bits per heavy atom. The summed E-state index contributed by atoms with van der Waals surface area (Å²) in [6.45, 7) is 4.90. The minimum Gasteiger partial charge on any atom is -0.508 e. The van der Waals surface area contributed by atoms with Gasteiger partial charge in [-0.15, -0.1) is 0 Å². The van der Waals surface area contributed by atoms with Crippen LogP contribution in [0.25, 0.3) is 33.4 Å². The molecular weight excluding hydrogens is 450 g/mol. The molecule has 4 rings (SSSR count). The van der Waals surface area contributed by atoms with Gasteiger partial charge in [0.25, 0.3) is 5.91 Å². The SMILES string of the molecule is CCC(=O)CNC(=O)c1ccc(-c2c3cc(C)c(=O)cc-3oc3cc(O)c(C)cc23)c(C(=O)O)c1. The summed E-state index contributed by atoms with van der Waals surface area (Å²) in [6, 6.07) is 10.3. The molecule has 1 heterocycles. The molecule has 0 atom stereocenters. The van der Waals surface area contributed by atoms with Crippen molar-refractivity contribution in [3.63, 3.8) is 0 Å². The van der Waals surface area contributed by atoms with E-state index >= 15 is 0 Å². The summed E-state index contributed by atoms with van der Waals surface area (Å²) in [5.74, 6) is -1.73. The quantitative estimate of drug-likeness (QED) is 0.356. The molecule has 0 saturated heterocycles. The van der Waals surface area contributed by atoms with Gasteiger partial charge in [-0.3, -0.25) is 14.4 Å². The number of aryl methyl sites for hydroxylation is 2. The predicted molar refractivity (Wildman–Crippen MR) is 130 cm³/mol. The number of carbonyl (C=O) groups excluding carboxylic acids is 2. The Morgan fingerprint density at radius 1 is 0.971 bits per heavy atom. The van der Waals surface area contributed by atoms with Crippen molar-refractivity contribution in [2.45, 2.75) is 27.2 Å². The number of ketones is 1. The van der Waals surface area contributed by atoms with E-state index in [1.165, 1.54) is 30.3 Å². The number of benzene rings is 3. The fourth-order valence-electron chi connectivity index (χ4n) is 3.95. The molecule has 2 aromatic carbocycles. The van der Waals surface area contributed by atoms with Gasteiger partial charge in [0.15, 0.2) is 11.2 Å². The molecule has 1 aliphatic heterocycles. The van der Waals surface area contributed by atoms with Crippen molar-refractivity contribution < 1.29 is 29.0 Å². The van der Waals surface area contributed by atoms with E-state index in [4.69, 9.17) is 4.42 Å². The smallest absolute Gasteiger partial charge is 0.336 e. The Morgan fingerprint density at radius 2 is 1.71 bits per heavy atom. The molecular formula is C27H23NO7. The molecule has 0 spiro atoms. The summed E-state index contributed by atoms with van der Waals surface area (Å²) in [6.07, 6.45) is 0.276. The zero-order valence-electron chi connectivity index (χ0n) is 19.4. The monoisotopic (exact) mass is 473 g/mol. The standard InChI is InChI=1S/C27H23NO7/c1-4-16(29)12-28-26(32)15-5-6-17(18(9-15)27(33)34)25-19-7-13(2)21(30)10-23(19)35-24-11-22(31)14(3)8-20(24)25/h5-11,30H,4,12H2,1-3H3,(H,28,32)(H,33,34). The van der Waals surface area contributed by atoms with Gasteiger partial charge in [-0.25, -0.2) is 4.79 Å². The average molecular weight is 473 g/mol. The van der Waals surface area contributed by atoms with Crippen molar-refractivity contribution in [3.8, 4) is 28.2 Å². The maximum absolute atomic E-state index is 12.5. The molecule has 8 heteroatoms. The topological polar surface area (TPSA) is 134 Å². The van der Waals surface area contributed by atoms with Crippen molar-refractivity contribution in [3.05, 3.63) is 74.9 Å². The molecule has 35 heavy (non-hydrogen) atoms. The van der Waals surface area contributed by atoms with E-state index in [2.05, 4.69) is 5.32 Å². The third-order valence-electron chi connectivity index (χ3n) is 5.96. The number of amides is 1. The van der Waals surface area contributed by atoms with Crippen LogP contribution in [0.15, 0.2) is 51.7 Å². The molecule has 0 aromatic heterocycles. The van der Waals surface area contributed by atoms with E-state index in [9.17, 15) is 29.4 Å². The summed E-state index contributed by atoms with van der Waals surface area (Å²) < 4.78 is 5.90. The Hall–Kier alpha value is -4.46. The van der Waals surface area contributed by atoms with Crippen LogP contribution in [0, 0.1) is 13.8 Å². The summed E-state index contributed by atoms with van der Waals surface area (Å²) in [7, 11) is 0. The number of Topliss-reactive ketones (excluding diaryl/α,β-unsaturated/α-hetero) is 1. The van der Waals surface area contributed by atoms with Crippen LogP contribution in [0.3, 0.4) is 0 Å². The number of phenolic OH excluding ortho intramolecular Hbond substituents is 1. The van der Waals surface area contributed by atoms with Crippen molar-refractivity contribution in [2.75, 3.05) is 6.54 Å². The molecule has 2 aromatic rings. The summed E-state index contributed by atoms with van der Waals surface area (Å²) in [5, 5.41) is 23.3. The van der Waals surface area contributed by atoms with E-state index in [1.807, 2.05) is 0 Å². The first kappa shape index (κ1) is 23.7. The van der Waals surface area contributed by atoms with Crippen LogP contribution in [-0.2, 0) is 4.79 Å². The zero-order valence-corrected chi connectivity index (χ0v) is 19.4. The molecule has 0 fully saturated rings. The number of carbonyl (C=O) groups is 3. The van der Waals surface area contributed by atoms with Gasteiger partial charge in [0.2, 0.25) is 0 Å². The van der Waals surface area contributed by atoms with Gasteiger partial charge in [0.1, 0.15) is 17.1 Å². The van der Waals surface area contributed by atoms with Gasteiger partial charge in [-0.2, -0.15) is 0 Å². The van der Waals surface area contributed by atoms with Crippen LogP contribution in [0.5, 0.6) is 5.75 Å². The second-order valence-electron chi connectivity index (χ2n) is 8.37. The lowest BCUT2D eigenvalue weighted by atomic mass is 9.88. The van der Waals surface area contributed by atoms with E-state index in [1.54, 1.807) is 32.9 Å². The number of hydrogen-bond donors (Lipinski definition) is 3. The predicted octanol–water partition coefficient (Wildman–Crippen LogP) is 4.29. The number of carboxylic acid groups (broad SMARTS) is 1. The molecule has 0 radical (unpaired) electrons. The van der Waals surface area contributed by atoms with Gasteiger partial charge in [-0.05, 0) is 54.8 Å². The highest BCUT2D eigenvalue weighted by Crippen LogP contribution is 2.43. The highest BCUT2D eigenvalue weighted by Gasteiger charge is 2.24. The van der Waals surface area contributed by atoms with Crippen molar-refractivity contribution in [1.29, 1.82) is 0 Å². The van der Waals surface area contributed by atoms with Crippen molar-refractivity contribution in [2.24, 2.45) is 0 Å². The Kier molecular flexibility index (Phi) is 6.13. The summed E-state index contributed by atoms with van der Waals surface area (Å²) >= 11 is 0. The fraction of sp³-hybridized carbons (Fsp3) is 0.185. The number of aromatic hydroxyl groups is 1. The summed E-state index contributed by atoms with van der Waals surface area (Å²) in [4.78, 5) is 48.7. The number of hydrogen-bond acceptors (Lipinski definition) is 6. The maximum atomic E-state index is 12.5. The van der Waals surface area contributed by atoms with Crippen molar-refractivity contribution in [1.82, 2.24) is 5.32 Å². The number of fused-ring (bicyclic) bond motifs is 2. The van der Waals surface area contributed by atoms with E-state index in [0.717, 1.165) is 0 Å². The lowest BCUT2D eigenvalue weighted by molar-refractivity contribution is -0.117. The maximum Gasteiger partial charge on any atom is 0.336 e. The van der Waals surface area contributed by atoms with E-state index < -0.39 is 11.9 Å². The Bertz CT molecular complexity index is 1550. The normalized spacial score (nSPS) is 11.1. The first-order valence-corrected chi connectivity index (χ1v) is 11.0. The Balaban J connectivity index is 2.00. The van der Waals surface area contributed by atoms with E-state index in [0.29, 0.717) is 33.2 Å². The minimum atomic E-state index is -1.26. The molecule has 0 unspecified atom stereocenters. The van der Waals surface area contributed by atoms with Gasteiger partial charge in [0, 0.05) is 40.6 Å². The lowest BCUT2D eigenvalue weighted by Gasteiger charge is -2.18. The molecule has 0 bridgehead atoms. The average Bonchev–Trinajstić information content (AvgIpc) is 2.82. The second kappa shape index (κ2) is 9.06. The largest absolute Gasteiger partial charge is 0.508 e. The van der Waals surface area contributed by atoms with Gasteiger partial charge >= 0.3 is 5.97 Å². The minimum absolute atomic E-state index is 0.00638. The fourth-order valence-corrected chi connectivity index (χ4v) is 3.95. The number of phenols is 1. The van der Waals surface area contributed by atoms with Crippen LogP contribution < -0.4 is 10.7 Å². The van der Waals surface area contributed by atoms with E-state index in [-0.39, 0.29) is 52.4 Å². The zero-order chi connectivity index (χ0) is 25.4. The van der Waals surface area contributed by atoms with Crippen LogP contribution in [0.1, 0.15) is 45.2 Å². The number of carboxylic acids is 1. The first-order chi connectivity index (χ1) is 16.6. The first-order valence-electron chi connectivity index (χ1n) is 11.0. The molecule has 1 amide bonds. The van der Waals surface area contributed by atoms with Crippen LogP contribution in [-0.4, -0.2) is 34.4 Å². The third kappa shape index (κ3) is 4.38. The van der Waals surface area contributed by atoms with Crippen molar-refractivity contribution >= 4 is 28.6 Å². The molecule has 8 nitrogen and oxygen atoms in total. The third-order valence-corrected chi connectivity index (χ3v) is 5.96. The van der Waals surface area contributed by atoms with Crippen LogP contribution in [0.4, 0.5) is 0 Å². The number of rotatable bonds is 6. The lowest BCUT2D eigenvalue weighted by Crippen LogP contribution is -2.29. The summed E-state index contributed by atoms with van der Waals surface area (Å²) in [5.41, 5.74) is 2.33. The molecule has 3 N–H and O–H groups in total. The highest BCUT2D eigenvalue weighted by atomic mass is 16.4. The Labute approximate surface area is 200 Å². The second-order valence-corrected chi connectivity index (χ2v) is 8.37. The number of aromatic carboxylic acids is 1. The van der Waals surface area contributed by atoms with Gasteiger partial charge < -0.3 is 19.9 Å².